The number of rotatable bonds is 7. The Bertz CT molecular complexity index is 376. The van der Waals surface area contributed by atoms with E-state index in [0.717, 1.165) is 5.57 Å². The molecule has 2 atom stereocenters. The Hall–Kier alpha value is -1.58. The fourth-order valence-corrected chi connectivity index (χ4v) is 1.49. The molecule has 0 aliphatic heterocycles. The van der Waals surface area contributed by atoms with Crippen LogP contribution in [0.4, 0.5) is 0 Å². The van der Waals surface area contributed by atoms with E-state index in [9.17, 15) is 9.59 Å². The fourth-order valence-electron chi connectivity index (χ4n) is 1.49. The summed E-state index contributed by atoms with van der Waals surface area (Å²) in [7, 11) is 1.35. The summed E-state index contributed by atoms with van der Waals surface area (Å²) in [6, 6.07) is 0. The van der Waals surface area contributed by atoms with Crippen molar-refractivity contribution >= 4 is 11.9 Å². The number of ether oxygens (including phenoxy) is 2. The molecule has 0 aromatic heterocycles. The third kappa shape index (κ3) is 6.55. The average Bonchev–Trinajstić information content (AvgIpc) is 2.34. The van der Waals surface area contributed by atoms with Crippen LogP contribution in [0.25, 0.3) is 0 Å². The van der Waals surface area contributed by atoms with Crippen molar-refractivity contribution in [1.82, 2.24) is 0 Å². The molecule has 0 amide bonds. The zero-order chi connectivity index (χ0) is 15.9. The minimum atomic E-state index is -0.570. The molecule has 0 radical (unpaired) electrons. The third-order valence-corrected chi connectivity index (χ3v) is 2.92. The second-order valence-electron chi connectivity index (χ2n) is 6.00. The van der Waals surface area contributed by atoms with Crippen molar-refractivity contribution in [2.75, 3.05) is 7.11 Å². The number of hydrogen-bond donors (Lipinski definition) is 0. The van der Waals surface area contributed by atoms with Crippen LogP contribution in [0, 0.1) is 11.3 Å². The lowest BCUT2D eigenvalue weighted by molar-refractivity contribution is -0.157. The SMILES string of the molecule is C=C[C@@H](CC(=O)OC)C[C@H](OC(=O)C(C)(C)C)C(=C)C. The Labute approximate surface area is 121 Å². The van der Waals surface area contributed by atoms with E-state index in [-0.39, 0.29) is 24.3 Å². The highest BCUT2D eigenvalue weighted by molar-refractivity contribution is 5.75. The first-order valence-corrected chi connectivity index (χ1v) is 6.67. The van der Waals surface area contributed by atoms with Crippen LogP contribution < -0.4 is 0 Å². The van der Waals surface area contributed by atoms with Gasteiger partial charge in [-0.05, 0) is 45.6 Å². The van der Waals surface area contributed by atoms with Gasteiger partial charge in [-0.3, -0.25) is 9.59 Å². The van der Waals surface area contributed by atoms with Crippen molar-refractivity contribution in [3.63, 3.8) is 0 Å². The summed E-state index contributed by atoms with van der Waals surface area (Å²) in [5.41, 5.74) is 0.180. The second-order valence-corrected chi connectivity index (χ2v) is 6.00. The second kappa shape index (κ2) is 7.88. The Morgan fingerprint density at radius 2 is 1.85 bits per heavy atom. The first-order chi connectivity index (χ1) is 9.11. The largest absolute Gasteiger partial charge is 0.469 e. The van der Waals surface area contributed by atoms with Crippen LogP contribution in [0.1, 0.15) is 40.5 Å². The molecule has 0 rings (SSSR count). The van der Waals surface area contributed by atoms with Crippen molar-refractivity contribution in [1.29, 1.82) is 0 Å². The number of carbonyl (C=O) groups excluding carboxylic acids is 2. The van der Waals surface area contributed by atoms with E-state index in [1.54, 1.807) is 33.8 Å². The zero-order valence-electron chi connectivity index (χ0n) is 13.2. The molecule has 0 aromatic rings. The Morgan fingerprint density at radius 1 is 1.30 bits per heavy atom. The van der Waals surface area contributed by atoms with Gasteiger partial charge in [0, 0.05) is 0 Å². The number of methoxy groups -OCH3 is 1. The van der Waals surface area contributed by atoms with E-state index in [1.165, 1.54) is 7.11 Å². The maximum atomic E-state index is 11.9. The van der Waals surface area contributed by atoms with Crippen molar-refractivity contribution in [2.24, 2.45) is 11.3 Å². The lowest BCUT2D eigenvalue weighted by Crippen LogP contribution is -2.30. The van der Waals surface area contributed by atoms with Gasteiger partial charge in [-0.15, -0.1) is 6.58 Å². The first-order valence-electron chi connectivity index (χ1n) is 6.67. The maximum absolute atomic E-state index is 11.9. The van der Waals surface area contributed by atoms with Crippen LogP contribution in [0.15, 0.2) is 24.8 Å². The molecule has 0 aromatic carbocycles. The van der Waals surface area contributed by atoms with E-state index < -0.39 is 11.5 Å². The number of esters is 2. The summed E-state index contributed by atoms with van der Waals surface area (Å²) >= 11 is 0. The number of carbonyl (C=O) groups is 2. The zero-order valence-corrected chi connectivity index (χ0v) is 13.2. The summed E-state index contributed by atoms with van der Waals surface area (Å²) in [4.78, 5) is 23.3. The van der Waals surface area contributed by atoms with E-state index in [1.807, 2.05) is 0 Å². The van der Waals surface area contributed by atoms with Crippen LogP contribution in [0.5, 0.6) is 0 Å². The molecule has 0 N–H and O–H groups in total. The molecule has 4 nitrogen and oxygen atoms in total. The lowest BCUT2D eigenvalue weighted by atomic mass is 9.93. The van der Waals surface area contributed by atoms with Gasteiger partial charge in [0.1, 0.15) is 6.10 Å². The Morgan fingerprint density at radius 3 is 2.20 bits per heavy atom. The lowest BCUT2D eigenvalue weighted by Gasteiger charge is -2.25. The fraction of sp³-hybridized carbons (Fsp3) is 0.625. The van der Waals surface area contributed by atoms with Crippen LogP contribution in [0.3, 0.4) is 0 Å². The predicted octanol–water partition coefficient (Wildman–Crippen LogP) is 3.28. The summed E-state index contributed by atoms with van der Waals surface area (Å²) in [5, 5.41) is 0. The van der Waals surface area contributed by atoms with Crippen molar-refractivity contribution in [3.05, 3.63) is 24.8 Å². The Balaban J connectivity index is 4.76. The van der Waals surface area contributed by atoms with Gasteiger partial charge in [0.25, 0.3) is 0 Å². The standard InChI is InChI=1S/C16H26O4/c1-8-12(10-14(17)19-7)9-13(11(2)3)20-15(18)16(4,5)6/h8,12-13H,1-2,9-10H2,3-7H3/t12-,13+/m1/s1. The van der Waals surface area contributed by atoms with Crippen molar-refractivity contribution in [3.8, 4) is 0 Å². The molecule has 0 spiro atoms. The van der Waals surface area contributed by atoms with Crippen molar-refractivity contribution < 1.29 is 19.1 Å². The normalized spacial score (nSPS) is 14.1. The quantitative estimate of drug-likeness (QED) is 0.531. The summed E-state index contributed by atoms with van der Waals surface area (Å²) in [6.45, 7) is 14.8. The molecule has 114 valence electrons. The minimum Gasteiger partial charge on any atom is -0.469 e. The minimum absolute atomic E-state index is 0.114. The molecule has 0 saturated heterocycles. The third-order valence-electron chi connectivity index (χ3n) is 2.92. The number of allylic oxidation sites excluding steroid dienone is 1. The topological polar surface area (TPSA) is 52.6 Å². The smallest absolute Gasteiger partial charge is 0.311 e. The van der Waals surface area contributed by atoms with E-state index in [2.05, 4.69) is 17.9 Å². The van der Waals surface area contributed by atoms with E-state index >= 15 is 0 Å². The van der Waals surface area contributed by atoms with Gasteiger partial charge >= 0.3 is 11.9 Å². The monoisotopic (exact) mass is 282 g/mol. The molecule has 0 saturated carbocycles. The summed E-state index contributed by atoms with van der Waals surface area (Å²) in [6.07, 6.45) is 1.96. The van der Waals surface area contributed by atoms with Gasteiger partial charge in [0.15, 0.2) is 0 Å². The van der Waals surface area contributed by atoms with Crippen molar-refractivity contribution in [2.45, 2.75) is 46.6 Å². The van der Waals surface area contributed by atoms with Gasteiger partial charge in [-0.1, -0.05) is 12.7 Å². The highest BCUT2D eigenvalue weighted by Crippen LogP contribution is 2.23. The molecule has 0 unspecified atom stereocenters. The first kappa shape index (κ1) is 18.4. The molecule has 0 aliphatic rings. The molecule has 4 heteroatoms. The highest BCUT2D eigenvalue weighted by Gasteiger charge is 2.28. The van der Waals surface area contributed by atoms with Gasteiger partial charge in [0.05, 0.1) is 18.9 Å². The van der Waals surface area contributed by atoms with Crippen LogP contribution in [0.2, 0.25) is 0 Å². The van der Waals surface area contributed by atoms with Gasteiger partial charge in [0.2, 0.25) is 0 Å². The molecular weight excluding hydrogens is 256 g/mol. The molecule has 0 bridgehead atoms. The summed E-state index contributed by atoms with van der Waals surface area (Å²) < 4.78 is 10.1. The van der Waals surface area contributed by atoms with E-state index in [4.69, 9.17) is 4.74 Å². The Kier molecular flexibility index (Phi) is 7.25. The molecular formula is C16H26O4. The molecule has 20 heavy (non-hydrogen) atoms. The maximum Gasteiger partial charge on any atom is 0.311 e. The van der Waals surface area contributed by atoms with E-state index in [0.29, 0.717) is 6.42 Å². The van der Waals surface area contributed by atoms with Crippen LogP contribution in [-0.2, 0) is 19.1 Å². The molecule has 0 aliphatic carbocycles. The van der Waals surface area contributed by atoms with Crippen LogP contribution >= 0.6 is 0 Å². The summed E-state index contributed by atoms with van der Waals surface area (Å²) in [5.74, 6) is -0.708. The van der Waals surface area contributed by atoms with Gasteiger partial charge in [-0.25, -0.2) is 0 Å². The average molecular weight is 282 g/mol. The predicted molar refractivity (Wildman–Crippen MR) is 79.1 cm³/mol. The van der Waals surface area contributed by atoms with Gasteiger partial charge < -0.3 is 9.47 Å². The highest BCUT2D eigenvalue weighted by atomic mass is 16.5. The number of hydrogen-bond acceptors (Lipinski definition) is 4. The van der Waals surface area contributed by atoms with Gasteiger partial charge in [-0.2, -0.15) is 0 Å². The van der Waals surface area contributed by atoms with Crippen LogP contribution in [-0.4, -0.2) is 25.2 Å². The molecule has 0 heterocycles. The molecule has 0 fully saturated rings.